The number of ether oxygens (including phenoxy) is 1. The van der Waals surface area contributed by atoms with Gasteiger partial charge in [0, 0.05) is 31.4 Å². The molecule has 3 rings (SSSR count). The number of methoxy groups -OCH3 is 1. The van der Waals surface area contributed by atoms with Crippen molar-refractivity contribution in [3.8, 4) is 5.75 Å². The van der Waals surface area contributed by atoms with Crippen LogP contribution in [0.1, 0.15) is 6.42 Å². The lowest BCUT2D eigenvalue weighted by Gasteiger charge is -2.19. The van der Waals surface area contributed by atoms with Crippen LogP contribution in [0.2, 0.25) is 0 Å². The van der Waals surface area contributed by atoms with Crippen molar-refractivity contribution >= 4 is 39.0 Å². The summed E-state index contributed by atoms with van der Waals surface area (Å²) in [5.74, 6) is 0.307. The molecule has 34 heavy (non-hydrogen) atoms. The molecule has 10 heteroatoms. The van der Waals surface area contributed by atoms with Gasteiger partial charge in [0.25, 0.3) is 10.0 Å². The van der Waals surface area contributed by atoms with Gasteiger partial charge in [0.2, 0.25) is 5.91 Å². The summed E-state index contributed by atoms with van der Waals surface area (Å²) in [6, 6.07) is 21.1. The molecule has 3 aromatic carbocycles. The number of sulfonamides is 1. The molecule has 0 aliphatic carbocycles. The van der Waals surface area contributed by atoms with E-state index in [-0.39, 0.29) is 23.8 Å². The number of amides is 3. The van der Waals surface area contributed by atoms with Crippen LogP contribution in [0.25, 0.3) is 0 Å². The van der Waals surface area contributed by atoms with Crippen molar-refractivity contribution < 1.29 is 22.7 Å². The predicted octanol–water partition coefficient (Wildman–Crippen LogP) is 3.67. The minimum atomic E-state index is -3.80. The van der Waals surface area contributed by atoms with Crippen molar-refractivity contribution in [1.82, 2.24) is 5.32 Å². The Kier molecular flexibility index (Phi) is 8.10. The fourth-order valence-corrected chi connectivity index (χ4v) is 4.27. The average Bonchev–Trinajstić information content (AvgIpc) is 2.84. The Morgan fingerprint density at radius 1 is 0.882 bits per heavy atom. The first-order valence-corrected chi connectivity index (χ1v) is 11.9. The molecular weight excluding hydrogens is 456 g/mol. The number of carbonyl (C=O) groups is 2. The van der Waals surface area contributed by atoms with E-state index in [1.54, 1.807) is 73.8 Å². The number of urea groups is 1. The smallest absolute Gasteiger partial charge is 0.319 e. The summed E-state index contributed by atoms with van der Waals surface area (Å²) in [4.78, 5) is 24.3. The largest absolute Gasteiger partial charge is 0.497 e. The van der Waals surface area contributed by atoms with Crippen molar-refractivity contribution in [2.75, 3.05) is 35.6 Å². The SMILES string of the molecule is COc1ccc(NC(=O)NCCC(=O)Nc2cccc(S(=O)(=O)N(C)c3ccccc3)c2)cc1. The Balaban J connectivity index is 1.52. The number of benzene rings is 3. The maximum Gasteiger partial charge on any atom is 0.319 e. The lowest BCUT2D eigenvalue weighted by molar-refractivity contribution is -0.116. The molecule has 0 unspecified atom stereocenters. The van der Waals surface area contributed by atoms with E-state index in [1.165, 1.54) is 23.5 Å². The summed E-state index contributed by atoms with van der Waals surface area (Å²) in [7, 11) is -0.779. The number of nitrogens with one attached hydrogen (secondary N) is 3. The number of anilines is 3. The van der Waals surface area contributed by atoms with Crippen molar-refractivity contribution in [2.45, 2.75) is 11.3 Å². The molecular formula is C24H26N4O5S. The van der Waals surface area contributed by atoms with E-state index >= 15 is 0 Å². The van der Waals surface area contributed by atoms with Gasteiger partial charge in [-0.2, -0.15) is 0 Å². The van der Waals surface area contributed by atoms with Gasteiger partial charge >= 0.3 is 6.03 Å². The second-order valence-corrected chi connectivity index (χ2v) is 9.21. The Hall–Kier alpha value is -4.05. The van der Waals surface area contributed by atoms with E-state index in [0.717, 1.165) is 0 Å². The first-order valence-electron chi connectivity index (χ1n) is 10.4. The van der Waals surface area contributed by atoms with E-state index in [9.17, 15) is 18.0 Å². The van der Waals surface area contributed by atoms with E-state index < -0.39 is 16.1 Å². The first kappa shape index (κ1) is 24.6. The number of carbonyl (C=O) groups excluding carboxylic acids is 2. The fourth-order valence-electron chi connectivity index (χ4n) is 3.03. The molecule has 0 bridgehead atoms. The second kappa shape index (κ2) is 11.2. The highest BCUT2D eigenvalue weighted by Gasteiger charge is 2.21. The maximum absolute atomic E-state index is 13.0. The first-order chi connectivity index (χ1) is 16.3. The van der Waals surface area contributed by atoms with Crippen LogP contribution < -0.4 is 25.0 Å². The molecule has 0 aliphatic rings. The molecule has 0 saturated carbocycles. The molecule has 3 amide bonds. The molecule has 0 saturated heterocycles. The zero-order valence-electron chi connectivity index (χ0n) is 18.8. The third-order valence-electron chi connectivity index (χ3n) is 4.88. The van der Waals surface area contributed by atoms with Gasteiger partial charge in [-0.15, -0.1) is 0 Å². The van der Waals surface area contributed by atoms with Crippen LogP contribution in [0.5, 0.6) is 5.75 Å². The predicted molar refractivity (Wildman–Crippen MR) is 132 cm³/mol. The summed E-state index contributed by atoms with van der Waals surface area (Å²) < 4.78 is 32.2. The summed E-state index contributed by atoms with van der Waals surface area (Å²) >= 11 is 0. The van der Waals surface area contributed by atoms with Crippen molar-refractivity contribution in [3.05, 3.63) is 78.9 Å². The highest BCUT2D eigenvalue weighted by Crippen LogP contribution is 2.23. The van der Waals surface area contributed by atoms with Gasteiger partial charge in [0.1, 0.15) is 5.75 Å². The normalized spacial score (nSPS) is 10.8. The van der Waals surface area contributed by atoms with Crippen molar-refractivity contribution in [2.24, 2.45) is 0 Å². The lowest BCUT2D eigenvalue weighted by Crippen LogP contribution is -2.31. The minimum Gasteiger partial charge on any atom is -0.497 e. The van der Waals surface area contributed by atoms with Gasteiger partial charge in [0.15, 0.2) is 0 Å². The molecule has 0 heterocycles. The van der Waals surface area contributed by atoms with Gasteiger partial charge < -0.3 is 20.7 Å². The zero-order valence-corrected chi connectivity index (χ0v) is 19.6. The Morgan fingerprint density at radius 3 is 2.26 bits per heavy atom. The highest BCUT2D eigenvalue weighted by molar-refractivity contribution is 7.92. The van der Waals surface area contributed by atoms with E-state index in [0.29, 0.717) is 22.8 Å². The summed E-state index contributed by atoms with van der Waals surface area (Å²) in [5.41, 5.74) is 1.45. The standard InChI is InChI=1S/C24H26N4O5S/c1-28(20-8-4-3-5-9-20)34(31,32)22-10-6-7-19(17-22)26-23(29)15-16-25-24(30)27-18-11-13-21(33-2)14-12-18/h3-14,17H,15-16H2,1-2H3,(H,26,29)(H2,25,27,30). The molecule has 0 spiro atoms. The van der Waals surface area contributed by atoms with Crippen LogP contribution in [-0.2, 0) is 14.8 Å². The molecule has 178 valence electrons. The Morgan fingerprint density at radius 2 is 1.59 bits per heavy atom. The molecule has 0 radical (unpaired) electrons. The van der Waals surface area contributed by atoms with Crippen LogP contribution in [0, 0.1) is 0 Å². The van der Waals surface area contributed by atoms with Gasteiger partial charge in [-0.05, 0) is 54.6 Å². The summed E-state index contributed by atoms with van der Waals surface area (Å²) in [6.45, 7) is 0.0998. The number of hydrogen-bond acceptors (Lipinski definition) is 5. The topological polar surface area (TPSA) is 117 Å². The molecule has 3 aromatic rings. The molecule has 0 aromatic heterocycles. The van der Waals surface area contributed by atoms with Gasteiger partial charge in [0.05, 0.1) is 17.7 Å². The summed E-state index contributed by atoms with van der Waals surface area (Å²) in [5, 5.41) is 7.92. The molecule has 9 nitrogen and oxygen atoms in total. The van der Waals surface area contributed by atoms with Crippen LogP contribution in [0.15, 0.2) is 83.8 Å². The van der Waals surface area contributed by atoms with Gasteiger partial charge in [-0.1, -0.05) is 24.3 Å². The third kappa shape index (κ3) is 6.48. The molecule has 0 aliphatic heterocycles. The van der Waals surface area contributed by atoms with E-state index in [4.69, 9.17) is 4.74 Å². The molecule has 0 fully saturated rings. The van der Waals surface area contributed by atoms with Gasteiger partial charge in [-0.3, -0.25) is 9.10 Å². The minimum absolute atomic E-state index is 0.0108. The van der Waals surface area contributed by atoms with Crippen LogP contribution >= 0.6 is 0 Å². The molecule has 0 atom stereocenters. The van der Waals surface area contributed by atoms with Crippen molar-refractivity contribution in [3.63, 3.8) is 0 Å². The van der Waals surface area contributed by atoms with Crippen LogP contribution in [0.3, 0.4) is 0 Å². The zero-order chi connectivity index (χ0) is 24.6. The lowest BCUT2D eigenvalue weighted by atomic mass is 10.3. The number of rotatable bonds is 9. The quantitative estimate of drug-likeness (QED) is 0.430. The Bertz CT molecular complexity index is 1230. The maximum atomic E-state index is 13.0. The fraction of sp³-hybridized carbons (Fsp3) is 0.167. The number of para-hydroxylation sites is 1. The molecule has 3 N–H and O–H groups in total. The second-order valence-electron chi connectivity index (χ2n) is 7.24. The monoisotopic (exact) mass is 482 g/mol. The van der Waals surface area contributed by atoms with Crippen molar-refractivity contribution in [1.29, 1.82) is 0 Å². The number of hydrogen-bond donors (Lipinski definition) is 3. The third-order valence-corrected chi connectivity index (χ3v) is 6.66. The van der Waals surface area contributed by atoms with E-state index in [1.807, 2.05) is 0 Å². The van der Waals surface area contributed by atoms with Gasteiger partial charge in [-0.25, -0.2) is 13.2 Å². The van der Waals surface area contributed by atoms with E-state index in [2.05, 4.69) is 16.0 Å². The average molecular weight is 483 g/mol. The number of nitrogens with zero attached hydrogens (tertiary/aromatic N) is 1. The van der Waals surface area contributed by atoms with Crippen LogP contribution in [0.4, 0.5) is 21.9 Å². The Labute approximate surface area is 198 Å². The highest BCUT2D eigenvalue weighted by atomic mass is 32.2. The summed E-state index contributed by atoms with van der Waals surface area (Å²) in [6.07, 6.45) is 0.0108. The van der Waals surface area contributed by atoms with Crippen LogP contribution in [-0.4, -0.2) is 41.1 Å².